The van der Waals surface area contributed by atoms with Crippen molar-refractivity contribution in [1.82, 2.24) is 15.2 Å². The molecule has 0 saturated heterocycles. The molecule has 0 atom stereocenters. The Hall–Kier alpha value is -2.08. The lowest BCUT2D eigenvalue weighted by Gasteiger charge is -1.98. The predicted octanol–water partition coefficient (Wildman–Crippen LogP) is 2.35. The monoisotopic (exact) mass is 231 g/mol. The van der Waals surface area contributed by atoms with Gasteiger partial charge >= 0.3 is 0 Å². The second-order valence-corrected chi connectivity index (χ2v) is 4.23. The molecule has 0 spiro atoms. The van der Waals surface area contributed by atoms with Crippen LogP contribution in [0, 0.1) is 0 Å². The molecule has 0 amide bonds. The fourth-order valence-corrected chi connectivity index (χ4v) is 2.04. The lowest BCUT2D eigenvalue weighted by atomic mass is 10.2. The summed E-state index contributed by atoms with van der Waals surface area (Å²) < 4.78 is 0. The highest BCUT2D eigenvalue weighted by atomic mass is 32.1. The van der Waals surface area contributed by atoms with Crippen molar-refractivity contribution in [3.8, 4) is 0 Å². The van der Waals surface area contributed by atoms with Crippen LogP contribution in [0.5, 0.6) is 0 Å². The minimum absolute atomic E-state index is 0.719. The van der Waals surface area contributed by atoms with Crippen LogP contribution in [0.1, 0.15) is 0 Å². The molecule has 0 unspecified atom stereocenters. The topological polar surface area (TPSA) is 79.6 Å². The van der Waals surface area contributed by atoms with Crippen molar-refractivity contribution in [3.63, 3.8) is 0 Å². The van der Waals surface area contributed by atoms with E-state index in [2.05, 4.69) is 20.5 Å². The third-order valence-electron chi connectivity index (χ3n) is 2.24. The minimum atomic E-state index is 0.719. The van der Waals surface area contributed by atoms with Crippen LogP contribution < -0.4 is 11.1 Å². The maximum Gasteiger partial charge on any atom is 0.188 e. The third-order valence-corrected chi connectivity index (χ3v) is 2.93. The van der Waals surface area contributed by atoms with Gasteiger partial charge in [-0.1, -0.05) is 0 Å². The summed E-state index contributed by atoms with van der Waals surface area (Å²) in [7, 11) is 0. The zero-order chi connectivity index (χ0) is 11.0. The Kier molecular flexibility index (Phi) is 2.00. The van der Waals surface area contributed by atoms with Gasteiger partial charge in [-0.2, -0.15) is 5.10 Å². The fourth-order valence-electron chi connectivity index (χ4n) is 1.51. The summed E-state index contributed by atoms with van der Waals surface area (Å²) in [5.74, 6) is 0.747. The number of thiazole rings is 1. The summed E-state index contributed by atoms with van der Waals surface area (Å²) in [5, 5.41) is 14.0. The SMILES string of the molecule is Nc1ccc2[nH]nc(Nc3nccs3)c2c1. The van der Waals surface area contributed by atoms with E-state index in [1.165, 1.54) is 11.3 Å². The molecule has 2 aromatic heterocycles. The Balaban J connectivity index is 2.07. The van der Waals surface area contributed by atoms with E-state index in [1.807, 2.05) is 23.6 Å². The van der Waals surface area contributed by atoms with Crippen LogP contribution in [0.3, 0.4) is 0 Å². The number of aromatic nitrogens is 3. The van der Waals surface area contributed by atoms with Crippen molar-refractivity contribution in [2.45, 2.75) is 0 Å². The quantitative estimate of drug-likeness (QED) is 0.591. The van der Waals surface area contributed by atoms with Crippen LogP contribution in [-0.4, -0.2) is 15.2 Å². The molecular weight excluding hydrogens is 222 g/mol. The van der Waals surface area contributed by atoms with Gasteiger partial charge < -0.3 is 11.1 Å². The van der Waals surface area contributed by atoms with Gasteiger partial charge in [0.05, 0.1) is 5.52 Å². The van der Waals surface area contributed by atoms with Crippen molar-refractivity contribution in [2.24, 2.45) is 0 Å². The van der Waals surface area contributed by atoms with E-state index in [0.717, 1.165) is 27.5 Å². The summed E-state index contributed by atoms with van der Waals surface area (Å²) in [6.07, 6.45) is 1.75. The van der Waals surface area contributed by atoms with Crippen molar-refractivity contribution in [1.29, 1.82) is 0 Å². The first-order valence-electron chi connectivity index (χ1n) is 4.73. The average Bonchev–Trinajstić information content (AvgIpc) is 2.90. The summed E-state index contributed by atoms with van der Waals surface area (Å²) >= 11 is 1.53. The van der Waals surface area contributed by atoms with Crippen LogP contribution in [0.25, 0.3) is 10.9 Å². The van der Waals surface area contributed by atoms with Crippen molar-refractivity contribution >= 4 is 38.9 Å². The third kappa shape index (κ3) is 1.49. The van der Waals surface area contributed by atoms with Crippen LogP contribution in [-0.2, 0) is 0 Å². The highest BCUT2D eigenvalue weighted by Crippen LogP contribution is 2.26. The molecule has 2 heterocycles. The van der Waals surface area contributed by atoms with Crippen molar-refractivity contribution < 1.29 is 0 Å². The number of benzene rings is 1. The van der Waals surface area contributed by atoms with Crippen LogP contribution in [0.4, 0.5) is 16.6 Å². The van der Waals surface area contributed by atoms with E-state index in [1.54, 1.807) is 6.20 Å². The van der Waals surface area contributed by atoms with E-state index in [-0.39, 0.29) is 0 Å². The van der Waals surface area contributed by atoms with Gasteiger partial charge in [0, 0.05) is 22.7 Å². The van der Waals surface area contributed by atoms with Crippen molar-refractivity contribution in [3.05, 3.63) is 29.8 Å². The van der Waals surface area contributed by atoms with Gasteiger partial charge in [-0.05, 0) is 18.2 Å². The lowest BCUT2D eigenvalue weighted by molar-refractivity contribution is 1.12. The number of hydrogen-bond donors (Lipinski definition) is 3. The molecule has 4 N–H and O–H groups in total. The molecule has 3 aromatic rings. The number of aromatic amines is 1. The highest BCUT2D eigenvalue weighted by molar-refractivity contribution is 7.13. The average molecular weight is 231 g/mol. The normalized spacial score (nSPS) is 10.8. The number of nitrogens with one attached hydrogen (secondary N) is 2. The first-order valence-corrected chi connectivity index (χ1v) is 5.61. The van der Waals surface area contributed by atoms with Crippen LogP contribution in [0.15, 0.2) is 29.8 Å². The van der Waals surface area contributed by atoms with Crippen molar-refractivity contribution in [2.75, 3.05) is 11.1 Å². The summed E-state index contributed by atoms with van der Waals surface area (Å²) in [6.45, 7) is 0. The molecule has 0 radical (unpaired) electrons. The number of anilines is 3. The zero-order valence-electron chi connectivity index (χ0n) is 8.27. The second-order valence-electron chi connectivity index (χ2n) is 3.34. The minimum Gasteiger partial charge on any atom is -0.399 e. The van der Waals surface area contributed by atoms with Gasteiger partial charge in [0.25, 0.3) is 0 Å². The molecule has 3 rings (SSSR count). The number of rotatable bonds is 2. The zero-order valence-corrected chi connectivity index (χ0v) is 9.08. The molecular formula is C10H9N5S. The smallest absolute Gasteiger partial charge is 0.188 e. The highest BCUT2D eigenvalue weighted by Gasteiger charge is 2.06. The Bertz CT molecular complexity index is 613. The van der Waals surface area contributed by atoms with E-state index < -0.39 is 0 Å². The summed E-state index contributed by atoms with van der Waals surface area (Å²) in [5.41, 5.74) is 7.41. The lowest BCUT2D eigenvalue weighted by Crippen LogP contribution is -1.90. The maximum atomic E-state index is 5.74. The second kappa shape index (κ2) is 3.49. The molecule has 1 aromatic carbocycles. The number of fused-ring (bicyclic) bond motifs is 1. The molecule has 0 bridgehead atoms. The number of hydrogen-bond acceptors (Lipinski definition) is 5. The Labute approximate surface area is 95.3 Å². The first-order chi connectivity index (χ1) is 7.83. The van der Waals surface area contributed by atoms with E-state index in [9.17, 15) is 0 Å². The van der Waals surface area contributed by atoms with Crippen LogP contribution >= 0.6 is 11.3 Å². The maximum absolute atomic E-state index is 5.74. The Morgan fingerprint density at radius 3 is 3.12 bits per heavy atom. The van der Waals surface area contributed by atoms with Gasteiger partial charge in [0.2, 0.25) is 0 Å². The van der Waals surface area contributed by atoms with E-state index in [4.69, 9.17) is 5.73 Å². The molecule has 0 fully saturated rings. The Morgan fingerprint density at radius 2 is 2.31 bits per heavy atom. The number of nitrogens with two attached hydrogens (primary N) is 1. The molecule has 80 valence electrons. The standard InChI is InChI=1S/C10H9N5S/c11-6-1-2-8-7(5-6)9(15-14-8)13-10-12-3-4-16-10/h1-5H,11H2,(H2,12,13,14,15). The van der Waals surface area contributed by atoms with Gasteiger partial charge in [-0.25, -0.2) is 4.98 Å². The number of nitrogens with zero attached hydrogens (tertiary/aromatic N) is 2. The Morgan fingerprint density at radius 1 is 1.38 bits per heavy atom. The van der Waals surface area contributed by atoms with Gasteiger partial charge in [0.1, 0.15) is 0 Å². The van der Waals surface area contributed by atoms with E-state index in [0.29, 0.717) is 0 Å². The predicted molar refractivity (Wildman–Crippen MR) is 65.9 cm³/mol. The summed E-state index contributed by atoms with van der Waals surface area (Å²) in [4.78, 5) is 4.14. The first kappa shape index (κ1) is 9.17. The molecule has 0 saturated carbocycles. The molecule has 0 aliphatic heterocycles. The molecule has 5 nitrogen and oxygen atoms in total. The summed E-state index contributed by atoms with van der Waals surface area (Å²) in [6, 6.07) is 5.63. The number of H-pyrrole nitrogens is 1. The molecule has 0 aliphatic carbocycles. The van der Waals surface area contributed by atoms with Gasteiger partial charge in [0.15, 0.2) is 10.9 Å². The molecule has 16 heavy (non-hydrogen) atoms. The van der Waals surface area contributed by atoms with Gasteiger partial charge in [-0.3, -0.25) is 5.10 Å². The molecule has 6 heteroatoms. The van der Waals surface area contributed by atoms with Crippen LogP contribution in [0.2, 0.25) is 0 Å². The van der Waals surface area contributed by atoms with E-state index >= 15 is 0 Å². The number of nitrogen functional groups attached to an aromatic ring is 1. The van der Waals surface area contributed by atoms with Gasteiger partial charge in [-0.15, -0.1) is 11.3 Å². The fraction of sp³-hybridized carbons (Fsp3) is 0. The largest absolute Gasteiger partial charge is 0.399 e. The molecule has 0 aliphatic rings.